The van der Waals surface area contributed by atoms with Crippen molar-refractivity contribution in [3.8, 4) is 5.75 Å². The molecule has 2 rings (SSSR count). The first-order chi connectivity index (χ1) is 12.6. The van der Waals surface area contributed by atoms with E-state index in [9.17, 15) is 19.8 Å². The molecule has 6 nitrogen and oxygen atoms in total. The summed E-state index contributed by atoms with van der Waals surface area (Å²) in [5.74, 6) is -1.30. The van der Waals surface area contributed by atoms with E-state index in [2.05, 4.69) is 26.1 Å². The van der Waals surface area contributed by atoms with Crippen LogP contribution in [0.15, 0.2) is 48.5 Å². The van der Waals surface area contributed by atoms with Crippen molar-refractivity contribution in [2.45, 2.75) is 38.3 Å². The Labute approximate surface area is 158 Å². The number of methoxy groups -OCH3 is 1. The first-order valence-corrected chi connectivity index (χ1v) is 8.59. The predicted molar refractivity (Wildman–Crippen MR) is 102 cm³/mol. The maximum atomic E-state index is 12.5. The second kappa shape index (κ2) is 8.22. The predicted octanol–water partition coefficient (Wildman–Crippen LogP) is 2.91. The molecule has 0 spiro atoms. The minimum atomic E-state index is -1.48. The Bertz CT molecular complexity index is 791. The van der Waals surface area contributed by atoms with E-state index in [1.807, 2.05) is 12.1 Å². The molecular formula is C21H25NO5. The Kier molecular flexibility index (Phi) is 6.23. The lowest BCUT2D eigenvalue weighted by atomic mass is 9.86. The largest absolute Gasteiger partial charge is 0.497 e. The number of aliphatic hydroxyl groups is 1. The van der Waals surface area contributed by atoms with Gasteiger partial charge in [-0.15, -0.1) is 0 Å². The highest BCUT2D eigenvalue weighted by Crippen LogP contribution is 2.23. The van der Waals surface area contributed by atoms with Gasteiger partial charge < -0.3 is 20.3 Å². The van der Waals surface area contributed by atoms with Gasteiger partial charge in [-0.1, -0.05) is 45.0 Å². The monoisotopic (exact) mass is 371 g/mol. The Morgan fingerprint density at radius 2 is 1.56 bits per heavy atom. The second-order valence-electron chi connectivity index (χ2n) is 7.33. The summed E-state index contributed by atoms with van der Waals surface area (Å²) in [5.41, 5.74) is 1.71. The molecule has 0 aliphatic rings. The first-order valence-electron chi connectivity index (χ1n) is 8.59. The smallest absolute Gasteiger partial charge is 0.329 e. The SMILES string of the molecule is COc1ccc(C(O)C(NC(=O)c2ccc(C(C)(C)C)cc2)C(=O)O)cc1. The topological polar surface area (TPSA) is 95.9 Å². The van der Waals surface area contributed by atoms with E-state index in [-0.39, 0.29) is 5.41 Å². The Balaban J connectivity index is 2.17. The number of carbonyl (C=O) groups is 2. The molecule has 0 heterocycles. The van der Waals surface area contributed by atoms with Crippen LogP contribution < -0.4 is 10.1 Å². The minimum Gasteiger partial charge on any atom is -0.497 e. The number of carboxylic acid groups (broad SMARTS) is 1. The van der Waals surface area contributed by atoms with Gasteiger partial charge in [-0.2, -0.15) is 0 Å². The summed E-state index contributed by atoms with van der Waals surface area (Å²) in [4.78, 5) is 24.0. The van der Waals surface area contributed by atoms with Gasteiger partial charge in [-0.05, 0) is 40.8 Å². The van der Waals surface area contributed by atoms with Gasteiger partial charge in [0.15, 0.2) is 6.04 Å². The molecule has 2 atom stereocenters. The standard InChI is InChI=1S/C21H25NO5/c1-21(2,3)15-9-5-14(6-10-15)19(24)22-17(20(25)26)18(23)13-7-11-16(27-4)12-8-13/h5-12,17-18,23H,1-4H3,(H,22,24)(H,25,26). The van der Waals surface area contributed by atoms with Gasteiger partial charge >= 0.3 is 5.97 Å². The second-order valence-corrected chi connectivity index (χ2v) is 7.33. The number of hydrogen-bond donors (Lipinski definition) is 3. The van der Waals surface area contributed by atoms with E-state index in [0.29, 0.717) is 16.9 Å². The molecule has 0 saturated heterocycles. The summed E-state index contributed by atoms with van der Waals surface area (Å²) >= 11 is 0. The van der Waals surface area contributed by atoms with E-state index >= 15 is 0 Å². The van der Waals surface area contributed by atoms with E-state index in [1.54, 1.807) is 36.4 Å². The van der Waals surface area contributed by atoms with Crippen molar-refractivity contribution >= 4 is 11.9 Å². The molecule has 6 heteroatoms. The van der Waals surface area contributed by atoms with Crippen molar-refractivity contribution in [3.05, 3.63) is 65.2 Å². The van der Waals surface area contributed by atoms with Crippen LogP contribution >= 0.6 is 0 Å². The summed E-state index contributed by atoms with van der Waals surface area (Å²) in [7, 11) is 1.51. The van der Waals surface area contributed by atoms with Crippen LogP contribution in [0.2, 0.25) is 0 Å². The van der Waals surface area contributed by atoms with Crippen LogP contribution in [0, 0.1) is 0 Å². The third kappa shape index (κ3) is 5.08. The van der Waals surface area contributed by atoms with Gasteiger partial charge in [-0.25, -0.2) is 4.79 Å². The van der Waals surface area contributed by atoms with Gasteiger partial charge in [0.2, 0.25) is 0 Å². The van der Waals surface area contributed by atoms with Crippen LogP contribution in [0.3, 0.4) is 0 Å². The quantitative estimate of drug-likeness (QED) is 0.726. The molecule has 3 N–H and O–H groups in total. The van der Waals surface area contributed by atoms with Gasteiger partial charge in [0.05, 0.1) is 7.11 Å². The van der Waals surface area contributed by atoms with Gasteiger partial charge in [0.25, 0.3) is 5.91 Å². The molecule has 0 aliphatic heterocycles. The van der Waals surface area contributed by atoms with Crippen LogP contribution in [-0.2, 0) is 10.2 Å². The van der Waals surface area contributed by atoms with Crippen molar-refractivity contribution < 1.29 is 24.5 Å². The number of rotatable bonds is 6. The number of amides is 1. The number of benzene rings is 2. The summed E-state index contributed by atoms with van der Waals surface area (Å²) in [5, 5.41) is 22.3. The normalized spacial score (nSPS) is 13.5. The maximum absolute atomic E-state index is 12.5. The van der Waals surface area contributed by atoms with Crippen molar-refractivity contribution in [1.82, 2.24) is 5.32 Å². The number of aliphatic carboxylic acids is 1. The van der Waals surface area contributed by atoms with Gasteiger partial charge in [0.1, 0.15) is 11.9 Å². The van der Waals surface area contributed by atoms with Crippen molar-refractivity contribution in [2.75, 3.05) is 7.11 Å². The number of carbonyl (C=O) groups excluding carboxylic acids is 1. The van der Waals surface area contributed by atoms with E-state index < -0.39 is 24.0 Å². The lowest BCUT2D eigenvalue weighted by Gasteiger charge is -2.22. The molecule has 2 unspecified atom stereocenters. The minimum absolute atomic E-state index is 0.0524. The number of ether oxygens (including phenoxy) is 1. The summed E-state index contributed by atoms with van der Waals surface area (Å²) in [6, 6.07) is 11.8. The Morgan fingerprint density at radius 3 is 2.00 bits per heavy atom. The van der Waals surface area contributed by atoms with Crippen LogP contribution in [0.25, 0.3) is 0 Å². The summed E-state index contributed by atoms with van der Waals surface area (Å²) in [6.45, 7) is 6.19. The lowest BCUT2D eigenvalue weighted by molar-refractivity contribution is -0.142. The molecule has 144 valence electrons. The van der Waals surface area contributed by atoms with Crippen molar-refractivity contribution in [2.24, 2.45) is 0 Å². The number of aliphatic hydroxyl groups excluding tert-OH is 1. The Morgan fingerprint density at radius 1 is 1.00 bits per heavy atom. The average Bonchev–Trinajstić information content (AvgIpc) is 2.64. The molecular weight excluding hydrogens is 346 g/mol. The molecule has 0 radical (unpaired) electrons. The zero-order valence-electron chi connectivity index (χ0n) is 15.9. The average molecular weight is 371 g/mol. The molecule has 0 saturated carbocycles. The highest BCUT2D eigenvalue weighted by Gasteiger charge is 2.30. The third-order valence-electron chi connectivity index (χ3n) is 4.34. The summed E-state index contributed by atoms with van der Waals surface area (Å²) in [6.07, 6.45) is -1.40. The molecule has 1 amide bonds. The van der Waals surface area contributed by atoms with Gasteiger partial charge in [-0.3, -0.25) is 4.79 Å². The van der Waals surface area contributed by atoms with Crippen molar-refractivity contribution in [3.63, 3.8) is 0 Å². The molecule has 0 aliphatic carbocycles. The number of carboxylic acids is 1. The fourth-order valence-corrected chi connectivity index (χ4v) is 2.62. The first kappa shape index (κ1) is 20.5. The zero-order chi connectivity index (χ0) is 20.2. The van der Waals surface area contributed by atoms with Crippen LogP contribution in [0.5, 0.6) is 5.75 Å². The van der Waals surface area contributed by atoms with E-state index in [0.717, 1.165) is 5.56 Å². The molecule has 0 aromatic heterocycles. The van der Waals surface area contributed by atoms with Crippen LogP contribution in [0.1, 0.15) is 48.4 Å². The number of nitrogens with one attached hydrogen (secondary N) is 1. The maximum Gasteiger partial charge on any atom is 0.329 e. The highest BCUT2D eigenvalue weighted by atomic mass is 16.5. The molecule has 2 aromatic carbocycles. The van der Waals surface area contributed by atoms with Gasteiger partial charge in [0, 0.05) is 5.56 Å². The lowest BCUT2D eigenvalue weighted by Crippen LogP contribution is -2.45. The molecule has 0 bridgehead atoms. The fourth-order valence-electron chi connectivity index (χ4n) is 2.62. The van der Waals surface area contributed by atoms with Crippen molar-refractivity contribution in [1.29, 1.82) is 0 Å². The molecule has 27 heavy (non-hydrogen) atoms. The highest BCUT2D eigenvalue weighted by molar-refractivity contribution is 5.96. The zero-order valence-corrected chi connectivity index (χ0v) is 15.9. The third-order valence-corrected chi connectivity index (χ3v) is 4.34. The van der Waals surface area contributed by atoms with Crippen LogP contribution in [0.4, 0.5) is 0 Å². The molecule has 0 fully saturated rings. The summed E-state index contributed by atoms with van der Waals surface area (Å²) < 4.78 is 5.05. The van der Waals surface area contributed by atoms with E-state index in [1.165, 1.54) is 7.11 Å². The number of hydrogen-bond acceptors (Lipinski definition) is 4. The molecule has 2 aromatic rings. The van der Waals surface area contributed by atoms with E-state index in [4.69, 9.17) is 4.74 Å². The fraction of sp³-hybridized carbons (Fsp3) is 0.333. The van der Waals surface area contributed by atoms with Crippen LogP contribution in [-0.4, -0.2) is 35.2 Å². The Hall–Kier alpha value is -2.86.